The average Bonchev–Trinajstić information content (AvgIpc) is 3.29. The molecular weight excluding hydrogens is 401 g/mol. The number of imide groups is 1. The number of fused-ring (bicyclic) bond motifs is 2. The molecule has 0 aliphatic carbocycles. The number of hydrogen-bond acceptors (Lipinski definition) is 6. The van der Waals surface area contributed by atoms with E-state index in [-0.39, 0.29) is 30.1 Å². The fourth-order valence-electron chi connectivity index (χ4n) is 4.58. The fourth-order valence-corrected chi connectivity index (χ4v) is 4.58. The van der Waals surface area contributed by atoms with Gasteiger partial charge in [-0.1, -0.05) is 17.3 Å². The lowest BCUT2D eigenvalue weighted by Crippen LogP contribution is -2.44. The number of benzene rings is 2. The number of hydrogen-bond donors (Lipinski definition) is 1. The molecule has 3 aromatic rings. The lowest BCUT2D eigenvalue weighted by atomic mass is 9.92. The summed E-state index contributed by atoms with van der Waals surface area (Å²) in [5.41, 5.74) is 1.30. The molecule has 7 nitrogen and oxygen atoms in total. The van der Waals surface area contributed by atoms with Gasteiger partial charge in [-0.05, 0) is 50.2 Å². The molecule has 1 saturated heterocycles. The molecule has 1 N–H and O–H groups in total. The summed E-state index contributed by atoms with van der Waals surface area (Å²) < 4.78 is 18.9. The van der Waals surface area contributed by atoms with Crippen LogP contribution in [0.25, 0.3) is 10.9 Å². The minimum Gasteiger partial charge on any atom is -0.390 e. The number of amides is 2. The Kier molecular flexibility index (Phi) is 5.03. The molecule has 0 radical (unpaired) electrons. The zero-order valence-corrected chi connectivity index (χ0v) is 16.8. The summed E-state index contributed by atoms with van der Waals surface area (Å²) in [7, 11) is 0. The maximum atomic E-state index is 13.4. The van der Waals surface area contributed by atoms with Crippen LogP contribution in [0.5, 0.6) is 0 Å². The van der Waals surface area contributed by atoms with Gasteiger partial charge in [0.1, 0.15) is 17.1 Å². The number of carbonyl (C=O) groups is 2. The van der Waals surface area contributed by atoms with E-state index in [2.05, 4.69) is 10.1 Å². The number of aromatic nitrogens is 1. The Morgan fingerprint density at radius 2 is 1.74 bits per heavy atom. The van der Waals surface area contributed by atoms with Crippen LogP contribution in [0, 0.1) is 5.82 Å². The standard InChI is InChI=1S/C23H22FN3O4/c24-15-5-6-19-20(11-15)25-31-21(19)14-7-9-26(10-8-14)12-16(28)13-27-22(29)17-3-1-2-4-18(17)23(27)30/h1-6,11,14,16,28H,7-10,12-13H2. The van der Waals surface area contributed by atoms with Crippen molar-refractivity contribution in [1.29, 1.82) is 0 Å². The average molecular weight is 423 g/mol. The van der Waals surface area contributed by atoms with E-state index in [1.165, 1.54) is 12.1 Å². The minimum absolute atomic E-state index is 0.0232. The number of likely N-dealkylation sites (tertiary alicyclic amines) is 1. The molecule has 2 aromatic carbocycles. The zero-order valence-electron chi connectivity index (χ0n) is 16.8. The molecule has 1 aromatic heterocycles. The van der Waals surface area contributed by atoms with Crippen LogP contribution in [0.15, 0.2) is 47.0 Å². The van der Waals surface area contributed by atoms with E-state index >= 15 is 0 Å². The molecule has 8 heteroatoms. The van der Waals surface area contributed by atoms with Crippen LogP contribution in [0.1, 0.15) is 45.2 Å². The van der Waals surface area contributed by atoms with Crippen molar-refractivity contribution in [2.75, 3.05) is 26.2 Å². The first kappa shape index (κ1) is 19.8. The van der Waals surface area contributed by atoms with Gasteiger partial charge in [-0.15, -0.1) is 0 Å². The van der Waals surface area contributed by atoms with Crippen LogP contribution in [-0.4, -0.2) is 64.2 Å². The van der Waals surface area contributed by atoms with Gasteiger partial charge >= 0.3 is 0 Å². The molecule has 1 atom stereocenters. The second-order valence-electron chi connectivity index (χ2n) is 8.20. The third kappa shape index (κ3) is 3.62. The van der Waals surface area contributed by atoms with Crippen LogP contribution >= 0.6 is 0 Å². The van der Waals surface area contributed by atoms with Crippen LogP contribution in [0.3, 0.4) is 0 Å². The Balaban J connectivity index is 1.17. The van der Waals surface area contributed by atoms with Gasteiger partial charge in [-0.2, -0.15) is 0 Å². The van der Waals surface area contributed by atoms with Crippen molar-refractivity contribution in [3.8, 4) is 0 Å². The smallest absolute Gasteiger partial charge is 0.261 e. The molecule has 2 amide bonds. The first-order valence-corrected chi connectivity index (χ1v) is 10.4. The summed E-state index contributed by atoms with van der Waals surface area (Å²) in [5.74, 6) is -0.0884. The molecule has 1 unspecified atom stereocenters. The predicted molar refractivity (Wildman–Crippen MR) is 110 cm³/mol. The quantitative estimate of drug-likeness (QED) is 0.635. The molecule has 31 heavy (non-hydrogen) atoms. The second kappa shape index (κ2) is 7.86. The lowest BCUT2D eigenvalue weighted by molar-refractivity contribution is 0.0446. The Labute approximate surface area is 178 Å². The monoisotopic (exact) mass is 423 g/mol. The summed E-state index contributed by atoms with van der Waals surface area (Å²) in [5, 5.41) is 15.4. The highest BCUT2D eigenvalue weighted by molar-refractivity contribution is 6.21. The zero-order chi connectivity index (χ0) is 21.5. The highest BCUT2D eigenvalue weighted by Crippen LogP contribution is 2.33. The molecule has 1 fully saturated rings. The van der Waals surface area contributed by atoms with E-state index in [4.69, 9.17) is 4.52 Å². The van der Waals surface area contributed by atoms with Crippen molar-refractivity contribution in [1.82, 2.24) is 15.0 Å². The van der Waals surface area contributed by atoms with Gasteiger partial charge in [-0.3, -0.25) is 14.5 Å². The minimum atomic E-state index is -0.826. The van der Waals surface area contributed by atoms with E-state index in [9.17, 15) is 19.1 Å². The van der Waals surface area contributed by atoms with Crippen LogP contribution < -0.4 is 0 Å². The normalized spacial score (nSPS) is 18.7. The van der Waals surface area contributed by atoms with Gasteiger partial charge in [0.25, 0.3) is 11.8 Å². The summed E-state index contributed by atoms with van der Waals surface area (Å²) >= 11 is 0. The Morgan fingerprint density at radius 3 is 2.42 bits per heavy atom. The Bertz CT molecular complexity index is 1120. The number of rotatable bonds is 5. The van der Waals surface area contributed by atoms with E-state index < -0.39 is 6.10 Å². The summed E-state index contributed by atoms with van der Waals surface area (Å²) in [6.45, 7) is 1.84. The molecular formula is C23H22FN3O4. The van der Waals surface area contributed by atoms with Crippen LogP contribution in [0.4, 0.5) is 4.39 Å². The van der Waals surface area contributed by atoms with Crippen molar-refractivity contribution >= 4 is 22.7 Å². The van der Waals surface area contributed by atoms with Gasteiger partial charge in [0.2, 0.25) is 0 Å². The third-order valence-electron chi connectivity index (χ3n) is 6.17. The van der Waals surface area contributed by atoms with Crippen LogP contribution in [0.2, 0.25) is 0 Å². The molecule has 2 aliphatic rings. The Morgan fingerprint density at radius 1 is 1.06 bits per heavy atom. The maximum Gasteiger partial charge on any atom is 0.261 e. The number of nitrogens with zero attached hydrogens (tertiary/aromatic N) is 3. The molecule has 3 heterocycles. The van der Waals surface area contributed by atoms with E-state index in [0.29, 0.717) is 23.2 Å². The summed E-state index contributed by atoms with van der Waals surface area (Å²) in [6.07, 6.45) is 0.816. The maximum absolute atomic E-state index is 13.4. The number of aliphatic hydroxyl groups excluding tert-OH is 1. The molecule has 0 saturated carbocycles. The number of β-amino-alcohol motifs (C(OH)–C–C–N with tert-alkyl or cyclic N) is 1. The largest absolute Gasteiger partial charge is 0.390 e. The molecule has 0 bridgehead atoms. The molecule has 0 spiro atoms. The third-order valence-corrected chi connectivity index (χ3v) is 6.17. The van der Waals surface area contributed by atoms with E-state index in [1.807, 2.05) is 0 Å². The van der Waals surface area contributed by atoms with Crippen molar-refractivity contribution < 1.29 is 23.6 Å². The molecule has 2 aliphatic heterocycles. The second-order valence-corrected chi connectivity index (χ2v) is 8.20. The van der Waals surface area contributed by atoms with Crippen LogP contribution in [-0.2, 0) is 0 Å². The number of piperidine rings is 1. The van der Waals surface area contributed by atoms with Gasteiger partial charge in [0.05, 0.1) is 23.8 Å². The first-order valence-electron chi connectivity index (χ1n) is 10.4. The SMILES string of the molecule is O=C1c2ccccc2C(=O)N1CC(O)CN1CCC(c2onc3cc(F)ccc23)CC1. The fraction of sp³-hybridized carbons (Fsp3) is 0.348. The summed E-state index contributed by atoms with van der Waals surface area (Å²) in [6, 6.07) is 11.2. The van der Waals surface area contributed by atoms with Gasteiger partial charge in [0, 0.05) is 23.9 Å². The first-order chi connectivity index (χ1) is 15.0. The molecule has 160 valence electrons. The molecule has 5 rings (SSSR count). The van der Waals surface area contributed by atoms with Crippen molar-refractivity contribution in [2.24, 2.45) is 0 Å². The summed E-state index contributed by atoms with van der Waals surface area (Å²) in [4.78, 5) is 28.2. The van der Waals surface area contributed by atoms with Gasteiger partial charge < -0.3 is 14.5 Å². The Hall–Kier alpha value is -3.10. The predicted octanol–water partition coefficient (Wildman–Crippen LogP) is 2.80. The number of aliphatic hydroxyl groups is 1. The van der Waals surface area contributed by atoms with Gasteiger partial charge in [0.15, 0.2) is 0 Å². The highest BCUT2D eigenvalue weighted by Gasteiger charge is 2.36. The van der Waals surface area contributed by atoms with E-state index in [1.54, 1.807) is 30.3 Å². The number of carbonyl (C=O) groups excluding carboxylic acids is 2. The highest BCUT2D eigenvalue weighted by atomic mass is 19.1. The topological polar surface area (TPSA) is 86.9 Å². The van der Waals surface area contributed by atoms with E-state index in [0.717, 1.165) is 42.0 Å². The lowest BCUT2D eigenvalue weighted by Gasteiger charge is -2.32. The number of halogens is 1. The van der Waals surface area contributed by atoms with Crippen molar-refractivity contribution in [2.45, 2.75) is 24.9 Å². The van der Waals surface area contributed by atoms with Crippen molar-refractivity contribution in [3.63, 3.8) is 0 Å². The van der Waals surface area contributed by atoms with Gasteiger partial charge in [-0.25, -0.2) is 4.39 Å². The van der Waals surface area contributed by atoms with Crippen molar-refractivity contribution in [3.05, 3.63) is 65.2 Å².